The summed E-state index contributed by atoms with van der Waals surface area (Å²) in [6.07, 6.45) is 1.91. The molecule has 0 saturated heterocycles. The van der Waals surface area contributed by atoms with Crippen LogP contribution in [0.2, 0.25) is 0 Å². The van der Waals surface area contributed by atoms with Crippen LogP contribution in [0.25, 0.3) is 0 Å². The van der Waals surface area contributed by atoms with Gasteiger partial charge in [-0.15, -0.1) is 0 Å². The summed E-state index contributed by atoms with van der Waals surface area (Å²) in [5.41, 5.74) is 7.35. The van der Waals surface area contributed by atoms with Crippen molar-refractivity contribution in [3.8, 4) is 0 Å². The van der Waals surface area contributed by atoms with E-state index in [1.165, 1.54) is 0 Å². The smallest absolute Gasteiger partial charge is 0.235 e. The Balaban J connectivity index is 2.29. The molecule has 0 unspecified atom stereocenters. The van der Waals surface area contributed by atoms with Crippen LogP contribution in [0.1, 0.15) is 32.3 Å². The number of hydrogen-bond donors (Lipinski definition) is 1. The maximum atomic E-state index is 12.5. The molecule has 5 heteroatoms. The first-order valence-electron chi connectivity index (χ1n) is 6.75. The molecule has 1 fully saturated rings. The highest BCUT2D eigenvalue weighted by Crippen LogP contribution is 2.34. The van der Waals surface area contributed by atoms with Crippen LogP contribution in [0.15, 0.2) is 24.3 Å². The Morgan fingerprint density at radius 2 is 1.84 bits per heavy atom. The van der Waals surface area contributed by atoms with E-state index in [0.29, 0.717) is 6.54 Å². The van der Waals surface area contributed by atoms with Crippen LogP contribution in [-0.4, -0.2) is 20.2 Å². The number of sulfonamides is 1. The normalized spacial score (nSPS) is 15.8. The fourth-order valence-electron chi connectivity index (χ4n) is 2.19. The van der Waals surface area contributed by atoms with E-state index < -0.39 is 10.0 Å². The Bertz CT molecular complexity index is 519. The van der Waals surface area contributed by atoms with Crippen LogP contribution in [0.5, 0.6) is 0 Å². The molecule has 0 radical (unpaired) electrons. The molecule has 1 aromatic carbocycles. The van der Waals surface area contributed by atoms with E-state index in [2.05, 4.69) is 0 Å². The van der Waals surface area contributed by atoms with Crippen LogP contribution < -0.4 is 10.0 Å². The minimum Gasteiger partial charge on any atom is -0.326 e. The van der Waals surface area contributed by atoms with Crippen molar-refractivity contribution in [1.29, 1.82) is 0 Å². The highest BCUT2D eigenvalue weighted by atomic mass is 32.2. The lowest BCUT2D eigenvalue weighted by atomic mass is 10.2. The summed E-state index contributed by atoms with van der Waals surface area (Å²) in [5.74, 6) is 0.330. The monoisotopic (exact) mass is 282 g/mol. The van der Waals surface area contributed by atoms with Gasteiger partial charge in [0.15, 0.2) is 0 Å². The molecule has 19 heavy (non-hydrogen) atoms. The van der Waals surface area contributed by atoms with Crippen molar-refractivity contribution in [3.63, 3.8) is 0 Å². The van der Waals surface area contributed by atoms with E-state index >= 15 is 0 Å². The average molecular weight is 282 g/mol. The molecule has 2 rings (SSSR count). The van der Waals surface area contributed by atoms with Crippen LogP contribution in [0.3, 0.4) is 0 Å². The molecule has 4 nitrogen and oxygen atoms in total. The molecule has 2 N–H and O–H groups in total. The average Bonchev–Trinajstić information content (AvgIpc) is 3.12. The molecule has 0 amide bonds. The third-order valence-corrected chi connectivity index (χ3v) is 5.34. The van der Waals surface area contributed by atoms with Crippen molar-refractivity contribution in [3.05, 3.63) is 29.8 Å². The van der Waals surface area contributed by atoms with Gasteiger partial charge in [0.1, 0.15) is 0 Å². The van der Waals surface area contributed by atoms with Crippen molar-refractivity contribution in [1.82, 2.24) is 0 Å². The summed E-state index contributed by atoms with van der Waals surface area (Å²) < 4.78 is 26.6. The molecule has 0 aromatic heterocycles. The van der Waals surface area contributed by atoms with Crippen molar-refractivity contribution < 1.29 is 8.42 Å². The zero-order chi connectivity index (χ0) is 14.0. The number of nitrogens with zero attached hydrogens (tertiary/aromatic N) is 1. The Hall–Kier alpha value is -1.07. The summed E-state index contributed by atoms with van der Waals surface area (Å²) in [6.45, 7) is 4.34. The quantitative estimate of drug-likeness (QED) is 0.869. The largest absolute Gasteiger partial charge is 0.326 e. The van der Waals surface area contributed by atoms with Gasteiger partial charge < -0.3 is 5.73 Å². The first-order valence-corrected chi connectivity index (χ1v) is 8.36. The number of anilines is 1. The minimum atomic E-state index is -3.23. The van der Waals surface area contributed by atoms with Gasteiger partial charge in [-0.05, 0) is 36.5 Å². The van der Waals surface area contributed by atoms with Gasteiger partial charge in [0.25, 0.3) is 0 Å². The van der Waals surface area contributed by atoms with Crippen LogP contribution in [0.4, 0.5) is 5.69 Å². The summed E-state index contributed by atoms with van der Waals surface area (Å²) in [4.78, 5) is 0. The lowest BCUT2D eigenvalue weighted by Gasteiger charge is -2.25. The molecule has 106 valence electrons. The lowest BCUT2D eigenvalue weighted by molar-refractivity contribution is 0.576. The Morgan fingerprint density at radius 3 is 2.26 bits per heavy atom. The van der Waals surface area contributed by atoms with Crippen molar-refractivity contribution in [2.75, 3.05) is 10.1 Å². The second-order valence-corrected chi connectivity index (χ2v) is 7.46. The third-order valence-electron chi connectivity index (χ3n) is 3.15. The van der Waals surface area contributed by atoms with Gasteiger partial charge in [-0.1, -0.05) is 26.0 Å². The topological polar surface area (TPSA) is 63.4 Å². The fraction of sp³-hybridized carbons (Fsp3) is 0.571. The molecule has 0 atom stereocenters. The molecule has 0 spiro atoms. The van der Waals surface area contributed by atoms with E-state index in [9.17, 15) is 8.42 Å². The highest BCUT2D eigenvalue weighted by molar-refractivity contribution is 7.92. The number of hydrogen-bond acceptors (Lipinski definition) is 3. The van der Waals surface area contributed by atoms with Crippen molar-refractivity contribution in [2.45, 2.75) is 39.3 Å². The number of rotatable bonds is 6. The van der Waals surface area contributed by atoms with Gasteiger partial charge in [0.2, 0.25) is 10.0 Å². The molecular formula is C14H22N2O2S. The zero-order valence-corrected chi connectivity index (χ0v) is 12.4. The lowest BCUT2D eigenvalue weighted by Crippen LogP contribution is -2.36. The molecular weight excluding hydrogens is 260 g/mol. The summed E-state index contributed by atoms with van der Waals surface area (Å²) in [5, 5.41) is 0. The second kappa shape index (κ2) is 5.51. The van der Waals surface area contributed by atoms with E-state index in [1.807, 2.05) is 38.1 Å². The Morgan fingerprint density at radius 1 is 1.26 bits per heavy atom. The Kier molecular flexibility index (Phi) is 4.16. The van der Waals surface area contributed by atoms with Gasteiger partial charge >= 0.3 is 0 Å². The molecule has 0 bridgehead atoms. The highest BCUT2D eigenvalue weighted by Gasteiger charge is 2.37. The predicted molar refractivity (Wildman–Crippen MR) is 78.5 cm³/mol. The SMILES string of the molecule is CC(C)CS(=O)(=O)N(c1ccc(CN)cc1)C1CC1. The number of benzene rings is 1. The van der Waals surface area contributed by atoms with E-state index in [-0.39, 0.29) is 17.7 Å². The summed E-state index contributed by atoms with van der Waals surface area (Å²) in [6, 6.07) is 7.66. The van der Waals surface area contributed by atoms with Gasteiger partial charge in [-0.2, -0.15) is 0 Å². The minimum absolute atomic E-state index is 0.134. The molecule has 1 aliphatic rings. The Labute approximate surface area is 115 Å². The molecule has 1 aromatic rings. The maximum absolute atomic E-state index is 12.5. The van der Waals surface area contributed by atoms with E-state index in [0.717, 1.165) is 24.1 Å². The van der Waals surface area contributed by atoms with Crippen LogP contribution >= 0.6 is 0 Å². The molecule has 1 aliphatic carbocycles. The van der Waals surface area contributed by atoms with Gasteiger partial charge in [0.05, 0.1) is 11.4 Å². The summed E-state index contributed by atoms with van der Waals surface area (Å²) in [7, 11) is -3.23. The standard InChI is InChI=1S/C14H22N2O2S/c1-11(2)10-19(17,18)16(14-7-8-14)13-5-3-12(9-15)4-6-13/h3-6,11,14H,7-10,15H2,1-2H3. The van der Waals surface area contributed by atoms with Crippen molar-refractivity contribution in [2.24, 2.45) is 11.7 Å². The van der Waals surface area contributed by atoms with Gasteiger partial charge in [-0.3, -0.25) is 4.31 Å². The third kappa shape index (κ3) is 3.48. The molecule has 0 aliphatic heterocycles. The van der Waals surface area contributed by atoms with Gasteiger partial charge in [0, 0.05) is 12.6 Å². The molecule has 1 saturated carbocycles. The first-order chi connectivity index (χ1) is 8.94. The first kappa shape index (κ1) is 14.3. The summed E-state index contributed by atoms with van der Waals surface area (Å²) >= 11 is 0. The van der Waals surface area contributed by atoms with E-state index in [4.69, 9.17) is 5.73 Å². The van der Waals surface area contributed by atoms with Crippen LogP contribution in [-0.2, 0) is 16.6 Å². The fourth-order valence-corrected chi connectivity index (χ4v) is 4.30. The van der Waals surface area contributed by atoms with Crippen molar-refractivity contribution >= 4 is 15.7 Å². The number of nitrogens with two attached hydrogens (primary N) is 1. The second-order valence-electron chi connectivity index (χ2n) is 5.57. The maximum Gasteiger partial charge on any atom is 0.235 e. The zero-order valence-electron chi connectivity index (χ0n) is 11.5. The van der Waals surface area contributed by atoms with Gasteiger partial charge in [-0.25, -0.2) is 8.42 Å². The van der Waals surface area contributed by atoms with E-state index in [1.54, 1.807) is 4.31 Å². The van der Waals surface area contributed by atoms with Crippen LogP contribution in [0, 0.1) is 5.92 Å². The predicted octanol–water partition coefficient (Wildman–Crippen LogP) is 2.10. The molecule has 0 heterocycles.